The molecule has 2 aromatic carbocycles. The van der Waals surface area contributed by atoms with Crippen molar-refractivity contribution in [1.82, 2.24) is 14.5 Å². The molecule has 0 aliphatic carbocycles. The van der Waals surface area contributed by atoms with E-state index in [2.05, 4.69) is 33.8 Å². The van der Waals surface area contributed by atoms with Gasteiger partial charge in [0, 0.05) is 23.5 Å². The summed E-state index contributed by atoms with van der Waals surface area (Å²) in [6.45, 7) is 0. The van der Waals surface area contributed by atoms with Crippen molar-refractivity contribution in [2.75, 3.05) is 0 Å². The van der Waals surface area contributed by atoms with Crippen molar-refractivity contribution in [2.24, 2.45) is 0 Å². The molecule has 4 aromatic rings. The number of pyridine rings is 1. The van der Waals surface area contributed by atoms with E-state index in [4.69, 9.17) is 17.6 Å². The molecule has 1 unspecified atom stereocenters. The van der Waals surface area contributed by atoms with Crippen LogP contribution in [0, 0.1) is 0 Å². The highest BCUT2D eigenvalue weighted by Gasteiger charge is 2.17. The first kappa shape index (κ1) is 14.0. The molecule has 0 bridgehead atoms. The highest BCUT2D eigenvalue weighted by Crippen LogP contribution is 2.28. The quantitative estimate of drug-likeness (QED) is 0.566. The van der Waals surface area contributed by atoms with Crippen LogP contribution < -0.4 is 0 Å². The van der Waals surface area contributed by atoms with Crippen LogP contribution in [0.5, 0.6) is 0 Å². The third-order valence-electron chi connectivity index (χ3n) is 3.85. The molecule has 0 saturated carbocycles. The SMILES string of the molecule is SC(c1ccc2ccccc2n1)c1nccn1-c1ccccc1. The lowest BCUT2D eigenvalue weighted by Gasteiger charge is -2.14. The Hall–Kier alpha value is -2.59. The summed E-state index contributed by atoms with van der Waals surface area (Å²) in [5, 5.41) is 0.943. The maximum absolute atomic E-state index is 4.77. The first-order valence-corrected chi connectivity index (χ1v) is 7.97. The minimum absolute atomic E-state index is 0.185. The van der Waals surface area contributed by atoms with E-state index in [1.54, 1.807) is 6.20 Å². The van der Waals surface area contributed by atoms with Crippen LogP contribution in [0.25, 0.3) is 16.6 Å². The topological polar surface area (TPSA) is 30.7 Å². The lowest BCUT2D eigenvalue weighted by atomic mass is 10.1. The van der Waals surface area contributed by atoms with Crippen molar-refractivity contribution in [3.05, 3.63) is 90.6 Å². The van der Waals surface area contributed by atoms with Crippen molar-refractivity contribution in [2.45, 2.75) is 5.25 Å². The zero-order valence-electron chi connectivity index (χ0n) is 12.4. The Morgan fingerprint density at radius 2 is 1.65 bits per heavy atom. The van der Waals surface area contributed by atoms with Crippen molar-refractivity contribution < 1.29 is 0 Å². The van der Waals surface area contributed by atoms with Crippen molar-refractivity contribution in [3.63, 3.8) is 0 Å². The Kier molecular flexibility index (Phi) is 3.60. The molecule has 4 heteroatoms. The number of nitrogens with zero attached hydrogens (tertiary/aromatic N) is 3. The predicted molar refractivity (Wildman–Crippen MR) is 96.1 cm³/mol. The van der Waals surface area contributed by atoms with Crippen molar-refractivity contribution in [3.8, 4) is 5.69 Å². The lowest BCUT2D eigenvalue weighted by molar-refractivity contribution is 0.886. The molecular formula is C19H15N3S. The van der Waals surface area contributed by atoms with E-state index >= 15 is 0 Å². The van der Waals surface area contributed by atoms with Gasteiger partial charge in [-0.3, -0.25) is 4.98 Å². The van der Waals surface area contributed by atoms with E-state index in [0.29, 0.717) is 0 Å². The van der Waals surface area contributed by atoms with Gasteiger partial charge in [0.05, 0.1) is 11.2 Å². The average Bonchev–Trinajstić information content (AvgIpc) is 3.11. The molecule has 0 spiro atoms. The number of fused-ring (bicyclic) bond motifs is 1. The number of hydrogen-bond acceptors (Lipinski definition) is 3. The average molecular weight is 317 g/mol. The summed E-state index contributed by atoms with van der Waals surface area (Å²) < 4.78 is 2.05. The molecule has 23 heavy (non-hydrogen) atoms. The molecule has 0 N–H and O–H groups in total. The van der Waals surface area contributed by atoms with Gasteiger partial charge in [0.15, 0.2) is 0 Å². The maximum atomic E-state index is 4.77. The van der Waals surface area contributed by atoms with Gasteiger partial charge in [0.2, 0.25) is 0 Å². The number of imidazole rings is 1. The summed E-state index contributed by atoms with van der Waals surface area (Å²) >= 11 is 4.77. The molecule has 112 valence electrons. The fourth-order valence-electron chi connectivity index (χ4n) is 2.69. The summed E-state index contributed by atoms with van der Waals surface area (Å²) in [7, 11) is 0. The summed E-state index contributed by atoms with van der Waals surface area (Å²) in [5.74, 6) is 0.863. The Labute approximate surface area is 140 Å². The first-order valence-electron chi connectivity index (χ1n) is 7.45. The number of hydrogen-bond donors (Lipinski definition) is 1. The second-order valence-corrected chi connectivity index (χ2v) is 5.84. The fourth-order valence-corrected chi connectivity index (χ4v) is 3.03. The standard InChI is InChI=1S/C19H15N3S/c23-18(17-11-10-14-6-4-5-9-16(14)21-17)19-20-12-13-22(19)15-7-2-1-3-8-15/h1-13,18,23H. The summed E-state index contributed by atoms with van der Waals surface area (Å²) in [6.07, 6.45) is 3.75. The fraction of sp³-hybridized carbons (Fsp3) is 0.0526. The van der Waals surface area contributed by atoms with Gasteiger partial charge in [-0.15, -0.1) is 0 Å². The second kappa shape index (κ2) is 5.89. The van der Waals surface area contributed by atoms with Crippen molar-refractivity contribution >= 4 is 23.5 Å². The Balaban J connectivity index is 1.77. The number of para-hydroxylation sites is 2. The van der Waals surface area contributed by atoms with Crippen LogP contribution >= 0.6 is 12.6 Å². The Morgan fingerprint density at radius 3 is 2.52 bits per heavy atom. The number of rotatable bonds is 3. The van der Waals surface area contributed by atoms with Gasteiger partial charge in [-0.1, -0.05) is 42.5 Å². The minimum Gasteiger partial charge on any atom is -0.303 e. The number of thiol groups is 1. The smallest absolute Gasteiger partial charge is 0.132 e. The van der Waals surface area contributed by atoms with Gasteiger partial charge < -0.3 is 4.57 Å². The molecular weight excluding hydrogens is 302 g/mol. The molecule has 4 rings (SSSR count). The molecule has 3 nitrogen and oxygen atoms in total. The van der Waals surface area contributed by atoms with Crippen LogP contribution in [0.2, 0.25) is 0 Å². The van der Waals surface area contributed by atoms with Crippen LogP contribution in [0.3, 0.4) is 0 Å². The second-order valence-electron chi connectivity index (χ2n) is 5.32. The summed E-state index contributed by atoms with van der Waals surface area (Å²) in [4.78, 5) is 9.23. The predicted octanol–water partition coefficient (Wildman–Crippen LogP) is 4.44. The van der Waals surface area contributed by atoms with Crippen LogP contribution in [-0.4, -0.2) is 14.5 Å². The monoisotopic (exact) mass is 317 g/mol. The highest BCUT2D eigenvalue weighted by atomic mass is 32.1. The number of aromatic nitrogens is 3. The summed E-state index contributed by atoms with van der Waals surface area (Å²) in [6, 6.07) is 22.3. The van der Waals surface area contributed by atoms with Gasteiger partial charge in [-0.25, -0.2) is 4.98 Å². The Bertz CT molecular complexity index is 947. The van der Waals surface area contributed by atoms with Crippen LogP contribution in [0.4, 0.5) is 0 Å². The first-order chi connectivity index (χ1) is 11.3. The molecule has 0 aliphatic heterocycles. The molecule has 0 aliphatic rings. The molecule has 0 radical (unpaired) electrons. The van der Waals surface area contributed by atoms with E-state index in [-0.39, 0.29) is 5.25 Å². The van der Waals surface area contributed by atoms with Crippen LogP contribution in [0.15, 0.2) is 79.1 Å². The normalized spacial score (nSPS) is 12.4. The van der Waals surface area contributed by atoms with E-state index in [1.807, 2.05) is 48.7 Å². The van der Waals surface area contributed by atoms with Gasteiger partial charge in [-0.2, -0.15) is 12.6 Å². The van der Waals surface area contributed by atoms with E-state index in [0.717, 1.165) is 28.1 Å². The molecule has 0 amide bonds. The summed E-state index contributed by atoms with van der Waals surface area (Å²) in [5.41, 5.74) is 2.94. The van der Waals surface area contributed by atoms with Crippen LogP contribution in [0.1, 0.15) is 16.8 Å². The van der Waals surface area contributed by atoms with Gasteiger partial charge >= 0.3 is 0 Å². The molecule has 2 aromatic heterocycles. The van der Waals surface area contributed by atoms with Gasteiger partial charge in [0.25, 0.3) is 0 Å². The zero-order chi connectivity index (χ0) is 15.6. The molecule has 2 heterocycles. The zero-order valence-corrected chi connectivity index (χ0v) is 13.3. The molecule has 1 atom stereocenters. The van der Waals surface area contributed by atoms with Gasteiger partial charge in [-0.05, 0) is 24.3 Å². The van der Waals surface area contributed by atoms with E-state index in [9.17, 15) is 0 Å². The van der Waals surface area contributed by atoms with Crippen molar-refractivity contribution in [1.29, 1.82) is 0 Å². The highest BCUT2D eigenvalue weighted by molar-refractivity contribution is 7.80. The number of benzene rings is 2. The van der Waals surface area contributed by atoms with E-state index < -0.39 is 0 Å². The molecule has 0 fully saturated rings. The third kappa shape index (κ3) is 2.62. The van der Waals surface area contributed by atoms with Gasteiger partial charge in [0.1, 0.15) is 11.1 Å². The van der Waals surface area contributed by atoms with Crippen LogP contribution in [-0.2, 0) is 0 Å². The molecule has 0 saturated heterocycles. The Morgan fingerprint density at radius 1 is 0.870 bits per heavy atom. The lowest BCUT2D eigenvalue weighted by Crippen LogP contribution is -2.06. The third-order valence-corrected chi connectivity index (χ3v) is 4.34. The largest absolute Gasteiger partial charge is 0.303 e. The maximum Gasteiger partial charge on any atom is 0.132 e. The minimum atomic E-state index is -0.185. The van der Waals surface area contributed by atoms with E-state index in [1.165, 1.54) is 0 Å².